The Morgan fingerprint density at radius 2 is 2.33 bits per heavy atom. The van der Waals surface area contributed by atoms with Crippen molar-refractivity contribution in [3.05, 3.63) is 23.8 Å². The van der Waals surface area contributed by atoms with Crippen LogP contribution in [0, 0.1) is 11.3 Å². The molecule has 1 saturated heterocycles. The second-order valence-corrected chi connectivity index (χ2v) is 4.56. The number of fused-ring (bicyclic) bond motifs is 1. The van der Waals surface area contributed by atoms with Crippen molar-refractivity contribution in [3.63, 3.8) is 0 Å². The van der Waals surface area contributed by atoms with Crippen molar-refractivity contribution in [3.8, 4) is 6.07 Å². The molecular weight excluding hydrogens is 230 g/mol. The molecule has 0 aliphatic carbocycles. The number of amides is 2. The Bertz CT molecular complexity index is 446. The van der Waals surface area contributed by atoms with Gasteiger partial charge in [-0.25, -0.2) is 4.79 Å². The van der Waals surface area contributed by atoms with Crippen LogP contribution in [0.2, 0.25) is 0 Å². The second kappa shape index (κ2) is 5.00. The molecule has 2 heterocycles. The van der Waals surface area contributed by atoms with E-state index in [1.165, 1.54) is 5.01 Å². The van der Waals surface area contributed by atoms with E-state index in [2.05, 4.69) is 5.43 Å². The van der Waals surface area contributed by atoms with Crippen LogP contribution in [0.5, 0.6) is 0 Å². The van der Waals surface area contributed by atoms with Crippen molar-refractivity contribution >= 4 is 6.03 Å². The average molecular weight is 247 g/mol. The van der Waals surface area contributed by atoms with Gasteiger partial charge < -0.3 is 4.90 Å². The molecule has 18 heavy (non-hydrogen) atoms. The predicted molar refractivity (Wildman–Crippen MR) is 66.4 cm³/mol. The standard InChI is InChI=1S/C12H17N5O/c1-15(2)9-10(8-13)17-12(18)16-7-5-3-4-6-11(16)14-17/h6,9,14H,3-5,7H2,1-2H3/b10-9+. The van der Waals surface area contributed by atoms with Crippen molar-refractivity contribution < 1.29 is 4.79 Å². The van der Waals surface area contributed by atoms with E-state index in [-0.39, 0.29) is 6.03 Å². The summed E-state index contributed by atoms with van der Waals surface area (Å²) >= 11 is 0. The molecule has 0 saturated carbocycles. The van der Waals surface area contributed by atoms with Crippen LogP contribution < -0.4 is 5.43 Å². The van der Waals surface area contributed by atoms with Crippen molar-refractivity contribution in [1.82, 2.24) is 20.2 Å². The van der Waals surface area contributed by atoms with Gasteiger partial charge in [0, 0.05) is 26.8 Å². The first kappa shape index (κ1) is 12.3. The van der Waals surface area contributed by atoms with E-state index < -0.39 is 0 Å². The number of hydrazine groups is 1. The number of hydrogen-bond donors (Lipinski definition) is 1. The number of carbonyl (C=O) groups is 1. The molecule has 0 bridgehead atoms. The fourth-order valence-electron chi connectivity index (χ4n) is 2.02. The van der Waals surface area contributed by atoms with E-state index in [0.29, 0.717) is 12.2 Å². The third kappa shape index (κ3) is 2.25. The Hall–Kier alpha value is -2.16. The summed E-state index contributed by atoms with van der Waals surface area (Å²) in [5.74, 6) is 0.789. The molecule has 2 aliphatic rings. The van der Waals surface area contributed by atoms with E-state index in [9.17, 15) is 4.79 Å². The van der Waals surface area contributed by atoms with Gasteiger partial charge in [0.2, 0.25) is 0 Å². The van der Waals surface area contributed by atoms with Crippen LogP contribution in [0.1, 0.15) is 19.3 Å². The molecule has 6 heteroatoms. The number of rotatable bonds is 2. The molecular formula is C12H17N5O. The molecule has 6 nitrogen and oxygen atoms in total. The van der Waals surface area contributed by atoms with Crippen LogP contribution in [-0.2, 0) is 0 Å². The van der Waals surface area contributed by atoms with Crippen LogP contribution in [0.4, 0.5) is 4.79 Å². The highest BCUT2D eigenvalue weighted by atomic mass is 16.2. The minimum atomic E-state index is -0.183. The fraction of sp³-hybridized carbons (Fsp3) is 0.500. The highest BCUT2D eigenvalue weighted by Crippen LogP contribution is 2.22. The highest BCUT2D eigenvalue weighted by molar-refractivity contribution is 5.81. The van der Waals surface area contributed by atoms with Crippen molar-refractivity contribution in [1.29, 1.82) is 5.26 Å². The van der Waals surface area contributed by atoms with Gasteiger partial charge in [-0.3, -0.25) is 10.3 Å². The number of allylic oxidation sites excluding steroid dienone is 2. The zero-order valence-corrected chi connectivity index (χ0v) is 10.7. The summed E-state index contributed by atoms with van der Waals surface area (Å²) in [5.41, 5.74) is 3.28. The third-order valence-corrected chi connectivity index (χ3v) is 2.85. The van der Waals surface area contributed by atoms with Crippen molar-refractivity contribution in [2.45, 2.75) is 19.3 Å². The van der Waals surface area contributed by atoms with E-state index in [0.717, 1.165) is 25.1 Å². The lowest BCUT2D eigenvalue weighted by molar-refractivity contribution is 0.198. The maximum absolute atomic E-state index is 12.2. The molecule has 0 aromatic carbocycles. The van der Waals surface area contributed by atoms with Gasteiger partial charge in [0.1, 0.15) is 11.9 Å². The molecule has 2 rings (SSSR count). The lowest BCUT2D eigenvalue weighted by Gasteiger charge is -2.16. The molecule has 0 unspecified atom stereocenters. The molecule has 0 atom stereocenters. The highest BCUT2D eigenvalue weighted by Gasteiger charge is 2.35. The van der Waals surface area contributed by atoms with Gasteiger partial charge in [0.05, 0.1) is 0 Å². The normalized spacial score (nSPS) is 19.7. The molecule has 2 aliphatic heterocycles. The van der Waals surface area contributed by atoms with Crippen LogP contribution >= 0.6 is 0 Å². The first-order valence-corrected chi connectivity index (χ1v) is 6.00. The Kier molecular flexibility index (Phi) is 3.42. The Balaban J connectivity index is 2.25. The number of urea groups is 1. The molecule has 0 aromatic heterocycles. The van der Waals surface area contributed by atoms with Crippen LogP contribution in [0.25, 0.3) is 0 Å². The minimum absolute atomic E-state index is 0.183. The molecule has 0 aromatic rings. The quantitative estimate of drug-likeness (QED) is 0.744. The van der Waals surface area contributed by atoms with Crippen LogP contribution in [0.3, 0.4) is 0 Å². The number of carbonyl (C=O) groups excluding carboxylic acids is 1. The zero-order chi connectivity index (χ0) is 13.1. The van der Waals surface area contributed by atoms with Gasteiger partial charge in [-0.2, -0.15) is 10.3 Å². The zero-order valence-electron chi connectivity index (χ0n) is 10.7. The van der Waals surface area contributed by atoms with Gasteiger partial charge in [-0.05, 0) is 25.3 Å². The monoisotopic (exact) mass is 247 g/mol. The lowest BCUT2D eigenvalue weighted by Crippen LogP contribution is -2.35. The van der Waals surface area contributed by atoms with Crippen molar-refractivity contribution in [2.75, 3.05) is 20.6 Å². The molecule has 0 spiro atoms. The molecule has 1 N–H and O–H groups in total. The van der Waals surface area contributed by atoms with E-state index in [4.69, 9.17) is 5.26 Å². The molecule has 1 fully saturated rings. The van der Waals surface area contributed by atoms with Crippen LogP contribution in [-0.4, -0.2) is 41.5 Å². The van der Waals surface area contributed by atoms with E-state index in [1.807, 2.05) is 26.2 Å². The SMILES string of the molecule is CN(C)/C=C(\C#N)N1NC2=CCCCCN2C1=O. The summed E-state index contributed by atoms with van der Waals surface area (Å²) in [7, 11) is 3.63. The molecule has 0 radical (unpaired) electrons. The first-order valence-electron chi connectivity index (χ1n) is 6.00. The number of nitrogens with one attached hydrogen (secondary N) is 1. The number of nitriles is 1. The Labute approximate surface area is 107 Å². The van der Waals surface area contributed by atoms with Crippen LogP contribution in [0.15, 0.2) is 23.8 Å². The Morgan fingerprint density at radius 1 is 1.56 bits per heavy atom. The second-order valence-electron chi connectivity index (χ2n) is 4.56. The van der Waals surface area contributed by atoms with E-state index >= 15 is 0 Å². The summed E-state index contributed by atoms with van der Waals surface area (Å²) in [6.45, 7) is 0.703. The largest absolute Gasteiger partial charge is 0.381 e. The third-order valence-electron chi connectivity index (χ3n) is 2.85. The summed E-state index contributed by atoms with van der Waals surface area (Å²) in [6, 6.07) is 1.86. The molecule has 96 valence electrons. The fourth-order valence-corrected chi connectivity index (χ4v) is 2.02. The van der Waals surface area contributed by atoms with Gasteiger partial charge in [0.15, 0.2) is 5.70 Å². The maximum atomic E-state index is 12.2. The number of hydrogen-bond acceptors (Lipinski definition) is 4. The topological polar surface area (TPSA) is 62.6 Å². The Morgan fingerprint density at radius 3 is 3.00 bits per heavy atom. The van der Waals surface area contributed by atoms with Crippen molar-refractivity contribution in [2.24, 2.45) is 0 Å². The summed E-state index contributed by atoms with van der Waals surface area (Å²) < 4.78 is 0. The minimum Gasteiger partial charge on any atom is -0.381 e. The predicted octanol–water partition coefficient (Wildman–Crippen LogP) is 1.18. The average Bonchev–Trinajstić information content (AvgIpc) is 2.54. The first-order chi connectivity index (χ1) is 8.63. The van der Waals surface area contributed by atoms with Gasteiger partial charge in [-0.1, -0.05) is 0 Å². The van der Waals surface area contributed by atoms with Gasteiger partial charge >= 0.3 is 6.03 Å². The van der Waals surface area contributed by atoms with Gasteiger partial charge in [-0.15, -0.1) is 0 Å². The molecule has 2 amide bonds. The summed E-state index contributed by atoms with van der Waals surface area (Å²) in [5, 5.41) is 10.4. The lowest BCUT2D eigenvalue weighted by atomic mass is 10.2. The smallest absolute Gasteiger partial charge is 0.349 e. The summed E-state index contributed by atoms with van der Waals surface area (Å²) in [6.07, 6.45) is 6.67. The van der Waals surface area contributed by atoms with Gasteiger partial charge in [0.25, 0.3) is 0 Å². The summed E-state index contributed by atoms with van der Waals surface area (Å²) in [4.78, 5) is 15.6. The maximum Gasteiger partial charge on any atom is 0.349 e. The number of nitrogens with zero attached hydrogens (tertiary/aromatic N) is 4. The van der Waals surface area contributed by atoms with E-state index in [1.54, 1.807) is 16.0 Å².